The summed E-state index contributed by atoms with van der Waals surface area (Å²) in [7, 11) is 0. The van der Waals surface area contributed by atoms with E-state index in [1.165, 1.54) is 0 Å². The molecule has 1 amide bonds. The first-order valence-corrected chi connectivity index (χ1v) is 9.54. The highest BCUT2D eigenvalue weighted by Gasteiger charge is 2.10. The second kappa shape index (κ2) is 10.5. The second-order valence-electron chi connectivity index (χ2n) is 6.15. The maximum absolute atomic E-state index is 12.4. The number of benzene rings is 2. The Morgan fingerprint density at radius 2 is 1.85 bits per heavy atom. The zero-order valence-corrected chi connectivity index (χ0v) is 16.8. The van der Waals surface area contributed by atoms with Gasteiger partial charge in [-0.3, -0.25) is 10.1 Å². The summed E-state index contributed by atoms with van der Waals surface area (Å²) in [6.07, 6.45) is 1.95. The van der Waals surface area contributed by atoms with Crippen LogP contribution in [0.3, 0.4) is 0 Å². The van der Waals surface area contributed by atoms with E-state index in [9.17, 15) is 4.79 Å². The van der Waals surface area contributed by atoms with Crippen molar-refractivity contribution in [3.8, 4) is 11.5 Å². The first-order valence-electron chi connectivity index (χ1n) is 9.13. The summed E-state index contributed by atoms with van der Waals surface area (Å²) >= 11 is 5.23. The van der Waals surface area contributed by atoms with Gasteiger partial charge in [0, 0.05) is 11.3 Å². The summed E-state index contributed by atoms with van der Waals surface area (Å²) in [6.45, 7) is 6.78. The molecule has 0 radical (unpaired) electrons. The van der Waals surface area contributed by atoms with Crippen LogP contribution < -0.4 is 20.1 Å². The van der Waals surface area contributed by atoms with E-state index in [2.05, 4.69) is 17.6 Å². The first kappa shape index (κ1) is 20.7. The monoisotopic (exact) mass is 386 g/mol. The molecule has 27 heavy (non-hydrogen) atoms. The van der Waals surface area contributed by atoms with Gasteiger partial charge < -0.3 is 14.8 Å². The summed E-state index contributed by atoms with van der Waals surface area (Å²) in [6, 6.07) is 14.5. The van der Waals surface area contributed by atoms with Crippen molar-refractivity contribution in [2.75, 3.05) is 11.9 Å². The maximum Gasteiger partial charge on any atom is 0.257 e. The summed E-state index contributed by atoms with van der Waals surface area (Å²) in [5.74, 6) is 1.18. The Bertz CT molecular complexity index is 762. The lowest BCUT2D eigenvalue weighted by atomic mass is 10.2. The smallest absolute Gasteiger partial charge is 0.257 e. The fraction of sp³-hybridized carbons (Fsp3) is 0.333. The van der Waals surface area contributed by atoms with Gasteiger partial charge in [-0.2, -0.15) is 0 Å². The fourth-order valence-electron chi connectivity index (χ4n) is 2.22. The van der Waals surface area contributed by atoms with Crippen LogP contribution in [0.2, 0.25) is 0 Å². The largest absolute Gasteiger partial charge is 0.494 e. The molecule has 0 fully saturated rings. The standard InChI is InChI=1S/C21H26N2O3S/c1-4-13-25-18-11-9-17(10-12-18)22-21(27)23-20(24)16-7-6-8-19(14-16)26-15(3)5-2/h6-12,14-15H,4-5,13H2,1-3H3,(H2,22,23,24,27). The van der Waals surface area contributed by atoms with E-state index in [1.54, 1.807) is 18.2 Å². The van der Waals surface area contributed by atoms with Crippen LogP contribution in [0, 0.1) is 0 Å². The van der Waals surface area contributed by atoms with Crippen molar-refractivity contribution in [1.82, 2.24) is 5.32 Å². The zero-order chi connectivity index (χ0) is 19.6. The molecule has 1 unspecified atom stereocenters. The summed E-state index contributed by atoms with van der Waals surface area (Å²) in [4.78, 5) is 12.4. The molecule has 0 aromatic heterocycles. The average molecular weight is 387 g/mol. The number of carbonyl (C=O) groups excluding carboxylic acids is 1. The predicted octanol–water partition coefficient (Wildman–Crippen LogP) is 4.78. The molecule has 0 aliphatic heterocycles. The first-order chi connectivity index (χ1) is 13.0. The Morgan fingerprint density at radius 3 is 2.52 bits per heavy atom. The minimum Gasteiger partial charge on any atom is -0.494 e. The number of nitrogens with one attached hydrogen (secondary N) is 2. The molecule has 1 atom stereocenters. The molecule has 2 aromatic rings. The molecule has 0 spiro atoms. The van der Waals surface area contributed by atoms with Crippen LogP contribution in [-0.2, 0) is 0 Å². The number of amides is 1. The molecule has 2 rings (SSSR count). The van der Waals surface area contributed by atoms with Crippen molar-refractivity contribution in [2.24, 2.45) is 0 Å². The van der Waals surface area contributed by atoms with E-state index in [0.717, 1.165) is 24.3 Å². The van der Waals surface area contributed by atoms with Crippen LogP contribution in [0.15, 0.2) is 48.5 Å². The molecule has 0 saturated carbocycles. The summed E-state index contributed by atoms with van der Waals surface area (Å²) in [5, 5.41) is 5.91. The number of anilines is 1. The fourth-order valence-corrected chi connectivity index (χ4v) is 2.43. The van der Waals surface area contributed by atoms with Crippen LogP contribution in [0.4, 0.5) is 5.69 Å². The van der Waals surface area contributed by atoms with Gasteiger partial charge in [-0.25, -0.2) is 0 Å². The number of ether oxygens (including phenoxy) is 2. The van der Waals surface area contributed by atoms with Gasteiger partial charge in [0.05, 0.1) is 12.7 Å². The van der Waals surface area contributed by atoms with Gasteiger partial charge in [-0.1, -0.05) is 19.9 Å². The Hall–Kier alpha value is -2.60. The number of rotatable bonds is 8. The van der Waals surface area contributed by atoms with E-state index in [0.29, 0.717) is 17.9 Å². The molecule has 0 saturated heterocycles. The van der Waals surface area contributed by atoms with E-state index in [4.69, 9.17) is 21.7 Å². The van der Waals surface area contributed by atoms with Crippen LogP contribution >= 0.6 is 12.2 Å². The minimum absolute atomic E-state index is 0.0929. The molecule has 2 aromatic carbocycles. The molecule has 0 aliphatic carbocycles. The van der Waals surface area contributed by atoms with E-state index in [1.807, 2.05) is 44.2 Å². The third-order valence-corrected chi connectivity index (χ3v) is 4.02. The quantitative estimate of drug-likeness (QED) is 0.640. The zero-order valence-electron chi connectivity index (χ0n) is 16.0. The Balaban J connectivity index is 1.91. The van der Waals surface area contributed by atoms with E-state index < -0.39 is 0 Å². The lowest BCUT2D eigenvalue weighted by Gasteiger charge is -2.14. The Morgan fingerprint density at radius 1 is 1.11 bits per heavy atom. The second-order valence-corrected chi connectivity index (χ2v) is 6.55. The minimum atomic E-state index is -0.287. The normalized spacial score (nSPS) is 11.4. The van der Waals surface area contributed by atoms with Crippen molar-refractivity contribution in [3.05, 3.63) is 54.1 Å². The number of carbonyl (C=O) groups is 1. The lowest BCUT2D eigenvalue weighted by molar-refractivity contribution is 0.0977. The highest BCUT2D eigenvalue weighted by molar-refractivity contribution is 7.80. The molecule has 2 N–H and O–H groups in total. The highest BCUT2D eigenvalue weighted by atomic mass is 32.1. The molecular formula is C21H26N2O3S. The van der Waals surface area contributed by atoms with Crippen LogP contribution in [0.1, 0.15) is 44.0 Å². The average Bonchev–Trinajstić information content (AvgIpc) is 2.67. The number of thiocarbonyl (C=S) groups is 1. The predicted molar refractivity (Wildman–Crippen MR) is 113 cm³/mol. The van der Waals surface area contributed by atoms with Crippen molar-refractivity contribution >= 4 is 28.9 Å². The summed E-state index contributed by atoms with van der Waals surface area (Å²) < 4.78 is 11.3. The number of hydrogen-bond acceptors (Lipinski definition) is 4. The molecule has 0 heterocycles. The maximum atomic E-state index is 12.4. The van der Waals surface area contributed by atoms with E-state index in [-0.39, 0.29) is 17.1 Å². The highest BCUT2D eigenvalue weighted by Crippen LogP contribution is 2.17. The van der Waals surface area contributed by atoms with Crippen molar-refractivity contribution < 1.29 is 14.3 Å². The summed E-state index contributed by atoms with van der Waals surface area (Å²) in [5.41, 5.74) is 1.27. The molecular weight excluding hydrogens is 360 g/mol. The van der Waals surface area contributed by atoms with Crippen LogP contribution in [0.25, 0.3) is 0 Å². The van der Waals surface area contributed by atoms with Crippen molar-refractivity contribution in [2.45, 2.75) is 39.7 Å². The molecule has 0 bridgehead atoms. The van der Waals surface area contributed by atoms with Crippen molar-refractivity contribution in [3.63, 3.8) is 0 Å². The van der Waals surface area contributed by atoms with Gasteiger partial charge in [-0.05, 0) is 74.4 Å². The lowest BCUT2D eigenvalue weighted by Crippen LogP contribution is -2.34. The third kappa shape index (κ3) is 6.90. The van der Waals surface area contributed by atoms with Gasteiger partial charge in [0.15, 0.2) is 5.11 Å². The number of hydrogen-bond donors (Lipinski definition) is 2. The topological polar surface area (TPSA) is 59.6 Å². The molecule has 0 aliphatic rings. The molecule has 6 heteroatoms. The molecule has 5 nitrogen and oxygen atoms in total. The van der Waals surface area contributed by atoms with Crippen LogP contribution in [-0.4, -0.2) is 23.7 Å². The van der Waals surface area contributed by atoms with Gasteiger partial charge in [0.2, 0.25) is 0 Å². The Labute approximate surface area is 166 Å². The van der Waals surface area contributed by atoms with Gasteiger partial charge in [-0.15, -0.1) is 0 Å². The SMILES string of the molecule is CCCOc1ccc(NC(=S)NC(=O)c2cccc(OC(C)CC)c2)cc1. The van der Waals surface area contributed by atoms with Gasteiger partial charge >= 0.3 is 0 Å². The van der Waals surface area contributed by atoms with Gasteiger partial charge in [0.25, 0.3) is 5.91 Å². The Kier molecular flexibility index (Phi) is 8.07. The van der Waals surface area contributed by atoms with Crippen molar-refractivity contribution in [1.29, 1.82) is 0 Å². The van der Waals surface area contributed by atoms with E-state index >= 15 is 0 Å². The van der Waals surface area contributed by atoms with Crippen LogP contribution in [0.5, 0.6) is 11.5 Å². The van der Waals surface area contributed by atoms with Gasteiger partial charge in [0.1, 0.15) is 11.5 Å². The third-order valence-electron chi connectivity index (χ3n) is 3.82. The molecule has 144 valence electrons.